The van der Waals surface area contributed by atoms with Crippen LogP contribution in [0.25, 0.3) is 0 Å². The molecule has 1 amide bonds. The maximum atomic E-state index is 12.0. The molecule has 1 aliphatic rings. The van der Waals surface area contributed by atoms with E-state index < -0.39 is 11.5 Å². The third kappa shape index (κ3) is 3.93. The van der Waals surface area contributed by atoms with Crippen LogP contribution in [0.2, 0.25) is 0 Å². The largest absolute Gasteiger partial charge is 0.480 e. The number of carbonyl (C=O) groups is 2. The van der Waals surface area contributed by atoms with Crippen LogP contribution in [0.5, 0.6) is 0 Å². The van der Waals surface area contributed by atoms with Crippen molar-refractivity contribution in [2.45, 2.75) is 51.5 Å². The number of nitrogens with one attached hydrogen (secondary N) is 2. The number of rotatable bonds is 6. The standard InChI is InChI=1S/C14H26N2O3/c1-4-11-5-7-14(8-6-11,13(18)19)16-12(17)10(2)9-15-3/h10-11,15H,4-9H2,1-3H3,(H,16,17)(H,18,19). The van der Waals surface area contributed by atoms with Crippen molar-refractivity contribution in [1.82, 2.24) is 10.6 Å². The second kappa shape index (κ2) is 6.89. The number of carboxylic acid groups (broad SMARTS) is 1. The zero-order valence-corrected chi connectivity index (χ0v) is 12.2. The summed E-state index contributed by atoms with van der Waals surface area (Å²) in [5.74, 6) is -0.692. The summed E-state index contributed by atoms with van der Waals surface area (Å²) in [6.07, 6.45) is 3.92. The van der Waals surface area contributed by atoms with Crippen LogP contribution in [0, 0.1) is 11.8 Å². The van der Waals surface area contributed by atoms with E-state index >= 15 is 0 Å². The molecule has 1 fully saturated rings. The normalized spacial score (nSPS) is 28.7. The quantitative estimate of drug-likeness (QED) is 0.681. The second-order valence-corrected chi connectivity index (χ2v) is 5.69. The van der Waals surface area contributed by atoms with E-state index in [1.165, 1.54) is 0 Å². The fourth-order valence-electron chi connectivity index (χ4n) is 2.73. The molecule has 0 aromatic carbocycles. The van der Waals surface area contributed by atoms with Gasteiger partial charge in [0.05, 0.1) is 0 Å². The monoisotopic (exact) mass is 270 g/mol. The summed E-state index contributed by atoms with van der Waals surface area (Å²) >= 11 is 0. The van der Waals surface area contributed by atoms with E-state index in [9.17, 15) is 14.7 Å². The Morgan fingerprint density at radius 2 is 1.95 bits per heavy atom. The molecule has 0 heterocycles. The van der Waals surface area contributed by atoms with Crippen molar-refractivity contribution in [3.8, 4) is 0 Å². The van der Waals surface area contributed by atoms with Gasteiger partial charge in [0.15, 0.2) is 0 Å². The molecule has 1 unspecified atom stereocenters. The van der Waals surface area contributed by atoms with Gasteiger partial charge < -0.3 is 15.7 Å². The number of hydrogen-bond acceptors (Lipinski definition) is 3. The number of hydrogen-bond donors (Lipinski definition) is 3. The van der Waals surface area contributed by atoms with Crippen LogP contribution < -0.4 is 10.6 Å². The predicted octanol–water partition coefficient (Wildman–Crippen LogP) is 1.38. The molecule has 0 aromatic rings. The van der Waals surface area contributed by atoms with Crippen LogP contribution >= 0.6 is 0 Å². The van der Waals surface area contributed by atoms with Crippen LogP contribution in [0.4, 0.5) is 0 Å². The summed E-state index contributed by atoms with van der Waals surface area (Å²) in [4.78, 5) is 23.6. The molecule has 0 saturated heterocycles. The second-order valence-electron chi connectivity index (χ2n) is 5.69. The third-order valence-electron chi connectivity index (χ3n) is 4.27. The van der Waals surface area contributed by atoms with E-state index in [4.69, 9.17) is 0 Å². The van der Waals surface area contributed by atoms with Crippen LogP contribution in [0.15, 0.2) is 0 Å². The van der Waals surface area contributed by atoms with Crippen LogP contribution in [0.3, 0.4) is 0 Å². The number of aliphatic carboxylic acids is 1. The highest BCUT2D eigenvalue weighted by molar-refractivity contribution is 5.88. The highest BCUT2D eigenvalue weighted by Crippen LogP contribution is 2.34. The molecule has 19 heavy (non-hydrogen) atoms. The number of carbonyl (C=O) groups excluding carboxylic acids is 1. The molecule has 1 aliphatic carbocycles. The van der Waals surface area contributed by atoms with Gasteiger partial charge in [-0.2, -0.15) is 0 Å². The van der Waals surface area contributed by atoms with E-state index in [0.717, 1.165) is 19.3 Å². The molecule has 0 bridgehead atoms. The van der Waals surface area contributed by atoms with Gasteiger partial charge in [-0.3, -0.25) is 4.79 Å². The van der Waals surface area contributed by atoms with Gasteiger partial charge in [-0.05, 0) is 38.6 Å². The van der Waals surface area contributed by atoms with Gasteiger partial charge in [0.2, 0.25) is 5.91 Å². The van der Waals surface area contributed by atoms with Crippen molar-refractivity contribution in [3.63, 3.8) is 0 Å². The maximum absolute atomic E-state index is 12.0. The van der Waals surface area contributed by atoms with Crippen molar-refractivity contribution in [3.05, 3.63) is 0 Å². The van der Waals surface area contributed by atoms with Crippen LogP contribution in [0.1, 0.15) is 46.0 Å². The Labute approximate surface area is 115 Å². The van der Waals surface area contributed by atoms with Crippen LogP contribution in [-0.4, -0.2) is 36.1 Å². The number of carboxylic acids is 1. The first-order valence-corrected chi connectivity index (χ1v) is 7.15. The Bertz CT molecular complexity index is 323. The first-order chi connectivity index (χ1) is 8.95. The lowest BCUT2D eigenvalue weighted by molar-refractivity contribution is -0.150. The summed E-state index contributed by atoms with van der Waals surface area (Å²) in [5, 5.41) is 15.2. The fraction of sp³-hybridized carbons (Fsp3) is 0.857. The predicted molar refractivity (Wildman–Crippen MR) is 73.8 cm³/mol. The van der Waals surface area contributed by atoms with E-state index in [1.54, 1.807) is 14.0 Å². The van der Waals surface area contributed by atoms with E-state index in [-0.39, 0.29) is 11.8 Å². The molecule has 1 atom stereocenters. The summed E-state index contributed by atoms with van der Waals surface area (Å²) in [5.41, 5.74) is -1.05. The summed E-state index contributed by atoms with van der Waals surface area (Å²) in [7, 11) is 1.78. The van der Waals surface area contributed by atoms with E-state index in [0.29, 0.717) is 25.3 Å². The van der Waals surface area contributed by atoms with Crippen molar-refractivity contribution in [2.24, 2.45) is 11.8 Å². The molecule has 0 radical (unpaired) electrons. The van der Waals surface area contributed by atoms with Gasteiger partial charge in [0, 0.05) is 12.5 Å². The van der Waals surface area contributed by atoms with Gasteiger partial charge in [0.1, 0.15) is 5.54 Å². The summed E-state index contributed by atoms with van der Waals surface area (Å²) in [6, 6.07) is 0. The Morgan fingerprint density at radius 1 is 1.37 bits per heavy atom. The minimum absolute atomic E-state index is 0.174. The molecular formula is C14H26N2O3. The summed E-state index contributed by atoms with van der Waals surface area (Å²) < 4.78 is 0. The molecule has 0 aliphatic heterocycles. The highest BCUT2D eigenvalue weighted by atomic mass is 16.4. The zero-order valence-electron chi connectivity index (χ0n) is 12.2. The third-order valence-corrected chi connectivity index (χ3v) is 4.27. The molecular weight excluding hydrogens is 244 g/mol. The Kier molecular flexibility index (Phi) is 5.79. The van der Waals surface area contributed by atoms with Crippen molar-refractivity contribution < 1.29 is 14.7 Å². The minimum atomic E-state index is -1.05. The molecule has 1 rings (SSSR count). The Hall–Kier alpha value is -1.10. The van der Waals surface area contributed by atoms with Gasteiger partial charge in [-0.15, -0.1) is 0 Å². The van der Waals surface area contributed by atoms with Gasteiger partial charge in [-0.25, -0.2) is 4.79 Å². The molecule has 5 heteroatoms. The molecule has 110 valence electrons. The van der Waals surface area contributed by atoms with E-state index in [1.807, 2.05) is 0 Å². The lowest BCUT2D eigenvalue weighted by atomic mass is 9.75. The van der Waals surface area contributed by atoms with Crippen molar-refractivity contribution in [1.29, 1.82) is 0 Å². The minimum Gasteiger partial charge on any atom is -0.480 e. The number of amides is 1. The van der Waals surface area contributed by atoms with Crippen molar-refractivity contribution >= 4 is 11.9 Å². The van der Waals surface area contributed by atoms with Gasteiger partial charge in [-0.1, -0.05) is 20.3 Å². The topological polar surface area (TPSA) is 78.4 Å². The summed E-state index contributed by atoms with van der Waals surface area (Å²) in [6.45, 7) is 4.49. The smallest absolute Gasteiger partial charge is 0.329 e. The molecule has 5 nitrogen and oxygen atoms in total. The highest BCUT2D eigenvalue weighted by Gasteiger charge is 2.43. The molecule has 3 N–H and O–H groups in total. The lowest BCUT2D eigenvalue weighted by Crippen LogP contribution is -2.58. The molecule has 0 aromatic heterocycles. The average molecular weight is 270 g/mol. The lowest BCUT2D eigenvalue weighted by Gasteiger charge is -2.37. The fourth-order valence-corrected chi connectivity index (χ4v) is 2.73. The first-order valence-electron chi connectivity index (χ1n) is 7.15. The molecule has 0 spiro atoms. The Balaban J connectivity index is 2.68. The maximum Gasteiger partial charge on any atom is 0.329 e. The Morgan fingerprint density at radius 3 is 2.37 bits per heavy atom. The first kappa shape index (κ1) is 16.0. The molecule has 1 saturated carbocycles. The van der Waals surface area contributed by atoms with Gasteiger partial charge in [0.25, 0.3) is 0 Å². The van der Waals surface area contributed by atoms with Crippen LogP contribution in [-0.2, 0) is 9.59 Å². The van der Waals surface area contributed by atoms with Gasteiger partial charge >= 0.3 is 5.97 Å². The zero-order chi connectivity index (χ0) is 14.5. The van der Waals surface area contributed by atoms with E-state index in [2.05, 4.69) is 17.6 Å². The average Bonchev–Trinajstić information content (AvgIpc) is 2.39. The van der Waals surface area contributed by atoms with Crippen molar-refractivity contribution in [2.75, 3.05) is 13.6 Å². The SMILES string of the molecule is CCC1CCC(NC(=O)C(C)CNC)(C(=O)O)CC1.